The maximum absolute atomic E-state index is 12.9. The standard InChI is InChI=1S/C24H27ClN4O2/c1-3-4-13-27(2)23(31)16-29-21-8-6-5-7-20(21)26-24(29)17-14-22(30)28(15-17)19-11-9-18(25)10-12-19/h5-12,17H,3-4,13-16H2,1-2H3. The molecule has 0 bridgehead atoms. The molecule has 7 heteroatoms. The van der Waals surface area contributed by atoms with E-state index in [2.05, 4.69) is 6.92 Å². The van der Waals surface area contributed by atoms with Crippen LogP contribution >= 0.6 is 11.6 Å². The highest BCUT2D eigenvalue weighted by Crippen LogP contribution is 2.33. The van der Waals surface area contributed by atoms with Gasteiger partial charge in [-0.25, -0.2) is 4.98 Å². The van der Waals surface area contributed by atoms with Gasteiger partial charge in [0.1, 0.15) is 12.4 Å². The minimum absolute atomic E-state index is 0.0525. The van der Waals surface area contributed by atoms with Crippen LogP contribution in [0.1, 0.15) is 37.9 Å². The van der Waals surface area contributed by atoms with Crippen LogP contribution in [-0.4, -0.2) is 46.4 Å². The molecule has 1 atom stereocenters. The summed E-state index contributed by atoms with van der Waals surface area (Å²) in [6.07, 6.45) is 2.39. The van der Waals surface area contributed by atoms with Gasteiger partial charge in [0.25, 0.3) is 0 Å². The first-order valence-corrected chi connectivity index (χ1v) is 11.1. The zero-order chi connectivity index (χ0) is 22.0. The molecule has 1 fully saturated rings. The number of aromatic nitrogens is 2. The summed E-state index contributed by atoms with van der Waals surface area (Å²) >= 11 is 6.00. The van der Waals surface area contributed by atoms with Gasteiger partial charge < -0.3 is 14.4 Å². The Bertz CT molecular complexity index is 1090. The number of halogens is 1. The summed E-state index contributed by atoms with van der Waals surface area (Å²) in [4.78, 5) is 34.1. The third kappa shape index (κ3) is 4.44. The lowest BCUT2D eigenvalue weighted by atomic mass is 10.1. The van der Waals surface area contributed by atoms with Crippen molar-refractivity contribution in [2.75, 3.05) is 25.0 Å². The molecule has 2 amide bonds. The fourth-order valence-electron chi connectivity index (χ4n) is 4.10. The third-order valence-corrected chi connectivity index (χ3v) is 6.13. The number of hydrogen-bond donors (Lipinski definition) is 0. The third-order valence-electron chi connectivity index (χ3n) is 5.88. The molecule has 0 aliphatic carbocycles. The first-order chi connectivity index (χ1) is 15.0. The summed E-state index contributed by atoms with van der Waals surface area (Å²) in [5, 5.41) is 0.638. The Morgan fingerprint density at radius 2 is 1.94 bits per heavy atom. The highest BCUT2D eigenvalue weighted by Gasteiger charge is 2.35. The van der Waals surface area contributed by atoms with Crippen molar-refractivity contribution in [3.63, 3.8) is 0 Å². The molecule has 31 heavy (non-hydrogen) atoms. The van der Waals surface area contributed by atoms with Crippen LogP contribution in [0.3, 0.4) is 0 Å². The Labute approximate surface area is 187 Å². The van der Waals surface area contributed by atoms with Gasteiger partial charge in [-0.15, -0.1) is 0 Å². The summed E-state index contributed by atoms with van der Waals surface area (Å²) in [5.41, 5.74) is 2.60. The van der Waals surface area contributed by atoms with Crippen molar-refractivity contribution >= 4 is 40.1 Å². The number of benzene rings is 2. The monoisotopic (exact) mass is 438 g/mol. The number of unbranched alkanes of at least 4 members (excludes halogenated alkanes) is 1. The Morgan fingerprint density at radius 1 is 1.19 bits per heavy atom. The maximum atomic E-state index is 12.9. The lowest BCUT2D eigenvalue weighted by Crippen LogP contribution is -2.32. The molecule has 0 radical (unpaired) electrons. The molecule has 1 aliphatic rings. The number of hydrogen-bond acceptors (Lipinski definition) is 3. The van der Waals surface area contributed by atoms with E-state index in [4.69, 9.17) is 16.6 Å². The second-order valence-corrected chi connectivity index (χ2v) is 8.53. The molecule has 0 spiro atoms. The van der Waals surface area contributed by atoms with Crippen molar-refractivity contribution in [3.8, 4) is 0 Å². The molecule has 4 rings (SSSR count). The van der Waals surface area contributed by atoms with E-state index in [1.54, 1.807) is 21.9 Å². The number of carbonyl (C=O) groups excluding carboxylic acids is 2. The zero-order valence-corrected chi connectivity index (χ0v) is 18.7. The van der Waals surface area contributed by atoms with Gasteiger partial charge in [0, 0.05) is 43.2 Å². The fraction of sp³-hybridized carbons (Fsp3) is 0.375. The molecule has 0 N–H and O–H groups in total. The van der Waals surface area contributed by atoms with E-state index in [1.165, 1.54) is 0 Å². The predicted molar refractivity (Wildman–Crippen MR) is 123 cm³/mol. The van der Waals surface area contributed by atoms with E-state index in [0.717, 1.165) is 41.9 Å². The summed E-state index contributed by atoms with van der Waals surface area (Å²) in [6, 6.07) is 15.1. The predicted octanol–water partition coefficient (Wildman–Crippen LogP) is 4.47. The van der Waals surface area contributed by atoms with Crippen molar-refractivity contribution in [1.29, 1.82) is 0 Å². The average molecular weight is 439 g/mol. The smallest absolute Gasteiger partial charge is 0.242 e. The molecule has 1 saturated heterocycles. The van der Waals surface area contributed by atoms with E-state index in [9.17, 15) is 9.59 Å². The second-order valence-electron chi connectivity index (χ2n) is 8.10. The van der Waals surface area contributed by atoms with Gasteiger partial charge in [-0.1, -0.05) is 37.1 Å². The number of anilines is 1. The normalized spacial score (nSPS) is 16.3. The number of carbonyl (C=O) groups is 2. The molecule has 3 aromatic rings. The van der Waals surface area contributed by atoms with Gasteiger partial charge in [0.15, 0.2) is 0 Å². The summed E-state index contributed by atoms with van der Waals surface area (Å²) in [7, 11) is 1.85. The molecule has 1 aliphatic heterocycles. The quantitative estimate of drug-likeness (QED) is 0.546. The zero-order valence-electron chi connectivity index (χ0n) is 17.9. The van der Waals surface area contributed by atoms with Gasteiger partial charge >= 0.3 is 0 Å². The van der Waals surface area contributed by atoms with Crippen LogP contribution in [0.25, 0.3) is 11.0 Å². The van der Waals surface area contributed by atoms with Gasteiger partial charge in [-0.05, 0) is 42.8 Å². The highest BCUT2D eigenvalue weighted by atomic mass is 35.5. The number of fused-ring (bicyclic) bond motifs is 1. The van der Waals surface area contributed by atoms with Crippen molar-refractivity contribution < 1.29 is 9.59 Å². The largest absolute Gasteiger partial charge is 0.344 e. The van der Waals surface area contributed by atoms with Crippen LogP contribution in [0.4, 0.5) is 5.69 Å². The van der Waals surface area contributed by atoms with Gasteiger partial charge in [0.05, 0.1) is 11.0 Å². The van der Waals surface area contributed by atoms with Crippen molar-refractivity contribution in [1.82, 2.24) is 14.5 Å². The van der Waals surface area contributed by atoms with E-state index in [-0.39, 0.29) is 24.3 Å². The molecule has 2 aromatic carbocycles. The molecule has 6 nitrogen and oxygen atoms in total. The number of rotatable bonds is 7. The van der Waals surface area contributed by atoms with Gasteiger partial charge in [-0.2, -0.15) is 0 Å². The van der Waals surface area contributed by atoms with E-state index < -0.39 is 0 Å². The minimum atomic E-state index is -0.0793. The highest BCUT2D eigenvalue weighted by molar-refractivity contribution is 6.30. The number of nitrogens with zero attached hydrogens (tertiary/aromatic N) is 4. The summed E-state index contributed by atoms with van der Waals surface area (Å²) in [6.45, 7) is 3.61. The Hall–Kier alpha value is -2.86. The maximum Gasteiger partial charge on any atom is 0.242 e. The molecule has 162 valence electrons. The molecular formula is C24H27ClN4O2. The van der Waals surface area contributed by atoms with Crippen LogP contribution in [0, 0.1) is 0 Å². The number of likely N-dealkylation sites (N-methyl/N-ethyl adjacent to an activating group) is 1. The van der Waals surface area contributed by atoms with Crippen LogP contribution in [0.5, 0.6) is 0 Å². The van der Waals surface area contributed by atoms with Gasteiger partial charge in [-0.3, -0.25) is 9.59 Å². The molecule has 2 heterocycles. The summed E-state index contributed by atoms with van der Waals surface area (Å²) < 4.78 is 1.99. The van der Waals surface area contributed by atoms with E-state index in [0.29, 0.717) is 18.0 Å². The Kier molecular flexibility index (Phi) is 6.28. The molecule has 1 aromatic heterocycles. The first kappa shape index (κ1) is 21.4. The van der Waals surface area contributed by atoms with E-state index >= 15 is 0 Å². The Balaban J connectivity index is 1.63. The van der Waals surface area contributed by atoms with Gasteiger partial charge in [0.2, 0.25) is 11.8 Å². The lowest BCUT2D eigenvalue weighted by molar-refractivity contribution is -0.130. The molecule has 0 saturated carbocycles. The van der Waals surface area contributed by atoms with Crippen molar-refractivity contribution in [2.24, 2.45) is 0 Å². The molecular weight excluding hydrogens is 412 g/mol. The van der Waals surface area contributed by atoms with Crippen LogP contribution in [0.15, 0.2) is 48.5 Å². The minimum Gasteiger partial charge on any atom is -0.344 e. The molecule has 1 unspecified atom stereocenters. The number of imidazole rings is 1. The fourth-order valence-corrected chi connectivity index (χ4v) is 4.23. The average Bonchev–Trinajstić information content (AvgIpc) is 3.33. The lowest BCUT2D eigenvalue weighted by Gasteiger charge is -2.20. The Morgan fingerprint density at radius 3 is 2.68 bits per heavy atom. The van der Waals surface area contributed by atoms with Crippen molar-refractivity contribution in [3.05, 3.63) is 59.4 Å². The topological polar surface area (TPSA) is 58.4 Å². The SMILES string of the molecule is CCCCN(C)C(=O)Cn1c(C2CC(=O)N(c3ccc(Cl)cc3)C2)nc2ccccc21. The van der Waals surface area contributed by atoms with Crippen LogP contribution in [-0.2, 0) is 16.1 Å². The number of amides is 2. The van der Waals surface area contributed by atoms with Crippen LogP contribution < -0.4 is 4.90 Å². The van der Waals surface area contributed by atoms with E-state index in [1.807, 2.05) is 48.0 Å². The van der Waals surface area contributed by atoms with Crippen LogP contribution in [0.2, 0.25) is 5.02 Å². The second kappa shape index (κ2) is 9.10. The number of para-hydroxylation sites is 2. The van der Waals surface area contributed by atoms with Crippen molar-refractivity contribution in [2.45, 2.75) is 38.6 Å². The first-order valence-electron chi connectivity index (χ1n) is 10.7. The summed E-state index contributed by atoms with van der Waals surface area (Å²) in [5.74, 6) is 0.821.